The van der Waals surface area contributed by atoms with Gasteiger partial charge in [-0.25, -0.2) is 0 Å². The van der Waals surface area contributed by atoms with Gasteiger partial charge in [-0.05, 0) is 50.7 Å². The molecule has 0 bridgehead atoms. The van der Waals surface area contributed by atoms with E-state index in [-0.39, 0.29) is 6.61 Å². The summed E-state index contributed by atoms with van der Waals surface area (Å²) in [6.45, 7) is 5.82. The van der Waals surface area contributed by atoms with Crippen LogP contribution in [-0.4, -0.2) is 81.9 Å². The average molecular weight is 430 g/mol. The first-order valence-electron chi connectivity index (χ1n) is 10.4. The van der Waals surface area contributed by atoms with Gasteiger partial charge in [0.25, 0.3) is 0 Å². The highest BCUT2D eigenvalue weighted by molar-refractivity contribution is 5.79. The molecule has 1 aliphatic rings. The third-order valence-electron chi connectivity index (χ3n) is 5.00. The maximum Gasteiger partial charge on any atom is 0.411 e. The molecule has 0 unspecified atom stereocenters. The van der Waals surface area contributed by atoms with Crippen molar-refractivity contribution in [1.82, 2.24) is 20.4 Å². The standard InChI is InChI=1S/C21H34F3N5O/c1-25-20(26-9-3-11-29-12-4-10-28(2)13-14-29)27-15-18-5-7-19(8-6-18)16-30-17-21(22,23)24/h5-8H,3-4,9-17H2,1-2H3,(H2,25,26,27). The van der Waals surface area contributed by atoms with E-state index in [9.17, 15) is 13.2 Å². The van der Waals surface area contributed by atoms with Crippen LogP contribution in [0.1, 0.15) is 24.0 Å². The Hall–Kier alpha value is -1.84. The fraction of sp³-hybridized carbons (Fsp3) is 0.667. The molecule has 0 spiro atoms. The van der Waals surface area contributed by atoms with Crippen LogP contribution in [0.4, 0.5) is 13.2 Å². The predicted molar refractivity (Wildman–Crippen MR) is 114 cm³/mol. The molecule has 30 heavy (non-hydrogen) atoms. The molecule has 0 aromatic heterocycles. The van der Waals surface area contributed by atoms with E-state index in [1.54, 1.807) is 19.2 Å². The molecular formula is C21H34F3N5O. The lowest BCUT2D eigenvalue weighted by Crippen LogP contribution is -2.38. The van der Waals surface area contributed by atoms with Gasteiger partial charge in [-0.15, -0.1) is 0 Å². The summed E-state index contributed by atoms with van der Waals surface area (Å²) in [5.74, 6) is 0.739. The number of likely N-dealkylation sites (N-methyl/N-ethyl adjacent to an activating group) is 1. The van der Waals surface area contributed by atoms with Gasteiger partial charge in [-0.1, -0.05) is 24.3 Å². The molecule has 1 fully saturated rings. The molecule has 2 rings (SSSR count). The zero-order valence-corrected chi connectivity index (χ0v) is 18.0. The van der Waals surface area contributed by atoms with E-state index in [4.69, 9.17) is 0 Å². The van der Waals surface area contributed by atoms with E-state index in [1.165, 1.54) is 13.0 Å². The zero-order chi connectivity index (χ0) is 21.8. The molecular weight excluding hydrogens is 395 g/mol. The topological polar surface area (TPSA) is 52.1 Å². The number of alkyl halides is 3. The number of hydrogen-bond donors (Lipinski definition) is 2. The number of ether oxygens (including phenoxy) is 1. The van der Waals surface area contributed by atoms with E-state index < -0.39 is 12.8 Å². The average Bonchev–Trinajstić information content (AvgIpc) is 2.91. The number of aliphatic imine (C=N–C) groups is 1. The zero-order valence-electron chi connectivity index (χ0n) is 18.0. The Bertz CT molecular complexity index is 637. The van der Waals surface area contributed by atoms with Crippen LogP contribution in [0.3, 0.4) is 0 Å². The lowest BCUT2D eigenvalue weighted by Gasteiger charge is -2.20. The Balaban J connectivity index is 1.62. The largest absolute Gasteiger partial charge is 0.411 e. The van der Waals surface area contributed by atoms with Crippen molar-refractivity contribution in [3.63, 3.8) is 0 Å². The van der Waals surface area contributed by atoms with Crippen molar-refractivity contribution in [1.29, 1.82) is 0 Å². The molecule has 0 saturated carbocycles. The second kappa shape index (κ2) is 12.8. The molecule has 1 heterocycles. The quantitative estimate of drug-likeness (QED) is 0.359. The number of nitrogens with one attached hydrogen (secondary N) is 2. The summed E-state index contributed by atoms with van der Waals surface area (Å²) in [5.41, 5.74) is 1.73. The van der Waals surface area contributed by atoms with Crippen molar-refractivity contribution in [2.45, 2.75) is 32.2 Å². The Morgan fingerprint density at radius 1 is 1.07 bits per heavy atom. The van der Waals surface area contributed by atoms with Gasteiger partial charge >= 0.3 is 6.18 Å². The van der Waals surface area contributed by atoms with Crippen molar-refractivity contribution < 1.29 is 17.9 Å². The molecule has 1 saturated heterocycles. The van der Waals surface area contributed by atoms with Crippen LogP contribution in [0.2, 0.25) is 0 Å². The molecule has 2 N–H and O–H groups in total. The maximum atomic E-state index is 12.1. The van der Waals surface area contributed by atoms with Gasteiger partial charge in [-0.2, -0.15) is 13.2 Å². The van der Waals surface area contributed by atoms with E-state index in [1.807, 2.05) is 12.1 Å². The van der Waals surface area contributed by atoms with Crippen LogP contribution in [0, 0.1) is 0 Å². The second-order valence-corrected chi connectivity index (χ2v) is 7.63. The summed E-state index contributed by atoms with van der Waals surface area (Å²) < 4.78 is 41.0. The number of guanidine groups is 1. The summed E-state index contributed by atoms with van der Waals surface area (Å²) in [7, 11) is 3.91. The highest BCUT2D eigenvalue weighted by Crippen LogP contribution is 2.15. The smallest absolute Gasteiger partial charge is 0.367 e. The first kappa shape index (κ1) is 24.4. The molecule has 1 aliphatic heterocycles. The summed E-state index contributed by atoms with van der Waals surface area (Å²) >= 11 is 0. The van der Waals surface area contributed by atoms with Gasteiger partial charge in [0.05, 0.1) is 6.61 Å². The molecule has 9 heteroatoms. The van der Waals surface area contributed by atoms with Gasteiger partial charge < -0.3 is 25.2 Å². The molecule has 0 amide bonds. The van der Waals surface area contributed by atoms with Gasteiger partial charge in [0.15, 0.2) is 5.96 Å². The Morgan fingerprint density at radius 3 is 2.50 bits per heavy atom. The van der Waals surface area contributed by atoms with Crippen LogP contribution in [-0.2, 0) is 17.9 Å². The van der Waals surface area contributed by atoms with E-state index in [0.29, 0.717) is 12.1 Å². The van der Waals surface area contributed by atoms with Gasteiger partial charge in [0.1, 0.15) is 6.61 Å². The van der Waals surface area contributed by atoms with Gasteiger partial charge in [0, 0.05) is 33.2 Å². The van der Waals surface area contributed by atoms with E-state index in [2.05, 4.69) is 37.2 Å². The fourth-order valence-corrected chi connectivity index (χ4v) is 3.28. The first-order chi connectivity index (χ1) is 14.4. The Labute approximate surface area is 177 Å². The number of nitrogens with zero attached hydrogens (tertiary/aromatic N) is 3. The monoisotopic (exact) mass is 429 g/mol. The van der Waals surface area contributed by atoms with Crippen LogP contribution in [0.15, 0.2) is 29.3 Å². The molecule has 0 radical (unpaired) electrons. The number of hydrogen-bond acceptors (Lipinski definition) is 4. The van der Waals surface area contributed by atoms with Crippen molar-refractivity contribution in [3.8, 4) is 0 Å². The Morgan fingerprint density at radius 2 is 1.80 bits per heavy atom. The summed E-state index contributed by atoms with van der Waals surface area (Å²) in [6.07, 6.45) is -2.02. The minimum absolute atomic E-state index is 0.0518. The van der Waals surface area contributed by atoms with Crippen molar-refractivity contribution in [3.05, 3.63) is 35.4 Å². The number of halogens is 3. The molecule has 0 atom stereocenters. The summed E-state index contributed by atoms with van der Waals surface area (Å²) in [6, 6.07) is 7.32. The molecule has 6 nitrogen and oxygen atoms in total. The second-order valence-electron chi connectivity index (χ2n) is 7.63. The normalized spacial score (nSPS) is 17.0. The minimum Gasteiger partial charge on any atom is -0.367 e. The SMILES string of the molecule is CN=C(NCCCN1CCCN(C)CC1)NCc1ccc(COCC(F)(F)F)cc1. The van der Waals surface area contributed by atoms with Crippen LogP contribution in [0.5, 0.6) is 0 Å². The van der Waals surface area contributed by atoms with Crippen LogP contribution < -0.4 is 10.6 Å². The van der Waals surface area contributed by atoms with Crippen LogP contribution in [0.25, 0.3) is 0 Å². The highest BCUT2D eigenvalue weighted by atomic mass is 19.4. The van der Waals surface area contributed by atoms with Gasteiger partial charge in [0.2, 0.25) is 0 Å². The maximum absolute atomic E-state index is 12.1. The summed E-state index contributed by atoms with van der Waals surface area (Å²) in [4.78, 5) is 9.14. The third-order valence-corrected chi connectivity index (χ3v) is 5.00. The summed E-state index contributed by atoms with van der Waals surface area (Å²) in [5, 5.41) is 6.59. The molecule has 0 aliphatic carbocycles. The van der Waals surface area contributed by atoms with E-state index in [0.717, 1.165) is 50.7 Å². The number of benzene rings is 1. The predicted octanol–water partition coefficient (Wildman–Crippen LogP) is 2.46. The highest BCUT2D eigenvalue weighted by Gasteiger charge is 2.27. The number of rotatable bonds is 9. The van der Waals surface area contributed by atoms with Crippen molar-refractivity contribution in [2.24, 2.45) is 4.99 Å². The Kier molecular flexibility index (Phi) is 10.4. The fourth-order valence-electron chi connectivity index (χ4n) is 3.28. The van der Waals surface area contributed by atoms with Crippen molar-refractivity contribution in [2.75, 3.05) is 60.0 Å². The molecule has 1 aromatic rings. The van der Waals surface area contributed by atoms with Gasteiger partial charge in [-0.3, -0.25) is 4.99 Å². The minimum atomic E-state index is -4.30. The first-order valence-corrected chi connectivity index (χ1v) is 10.4. The van der Waals surface area contributed by atoms with Crippen molar-refractivity contribution >= 4 is 5.96 Å². The van der Waals surface area contributed by atoms with Crippen LogP contribution >= 0.6 is 0 Å². The molecule has 170 valence electrons. The lowest BCUT2D eigenvalue weighted by molar-refractivity contribution is -0.176. The van der Waals surface area contributed by atoms with E-state index >= 15 is 0 Å². The molecule has 1 aromatic carbocycles. The lowest BCUT2D eigenvalue weighted by atomic mass is 10.1. The third kappa shape index (κ3) is 10.3.